The summed E-state index contributed by atoms with van der Waals surface area (Å²) in [6.45, 7) is 12.4. The minimum Gasteiger partial charge on any atom is -0.489 e. The summed E-state index contributed by atoms with van der Waals surface area (Å²) in [5, 5.41) is 3.40. The van der Waals surface area contributed by atoms with Crippen LogP contribution >= 0.6 is 0 Å². The molecule has 0 aliphatic carbocycles. The van der Waals surface area contributed by atoms with E-state index in [1.807, 2.05) is 6.92 Å². The quantitative estimate of drug-likeness (QED) is 0.570. The molecule has 0 saturated carbocycles. The molecule has 3 rings (SSSR count). The van der Waals surface area contributed by atoms with Crippen molar-refractivity contribution in [1.29, 1.82) is 0 Å². The summed E-state index contributed by atoms with van der Waals surface area (Å²) in [6.07, 6.45) is 1.07. The van der Waals surface area contributed by atoms with Crippen LogP contribution in [-0.4, -0.2) is 80.9 Å². The number of likely N-dealkylation sites (tertiary alicyclic amines) is 1. The van der Waals surface area contributed by atoms with Crippen LogP contribution in [0.3, 0.4) is 0 Å². The molecule has 2 heterocycles. The van der Waals surface area contributed by atoms with Gasteiger partial charge in [0.2, 0.25) is 0 Å². The van der Waals surface area contributed by atoms with Crippen molar-refractivity contribution < 1.29 is 13.9 Å². The van der Waals surface area contributed by atoms with Gasteiger partial charge in [0.15, 0.2) is 5.96 Å². The number of nitrogens with one attached hydrogen (secondary N) is 1. The van der Waals surface area contributed by atoms with Gasteiger partial charge in [-0.2, -0.15) is 0 Å². The van der Waals surface area contributed by atoms with Gasteiger partial charge >= 0.3 is 0 Å². The Morgan fingerprint density at radius 2 is 2.18 bits per heavy atom. The minimum atomic E-state index is -0.287. The highest BCUT2D eigenvalue weighted by Gasteiger charge is 2.27. The molecule has 7 heteroatoms. The van der Waals surface area contributed by atoms with Crippen molar-refractivity contribution in [2.45, 2.75) is 26.4 Å². The molecule has 0 bridgehead atoms. The van der Waals surface area contributed by atoms with E-state index in [1.54, 1.807) is 12.1 Å². The van der Waals surface area contributed by atoms with Gasteiger partial charge in [0.05, 0.1) is 19.8 Å². The standard InChI is InChI=1S/C21H33FN4O2/c1-3-23-21(24-14-17(2)28-20-6-4-5-19(22)13-20)26-8-7-18(16-26)15-25-9-11-27-12-10-25/h4-6,13,17-18H,3,7-12,14-16H2,1-2H3,(H,23,24). The van der Waals surface area contributed by atoms with Crippen LogP contribution in [0.25, 0.3) is 0 Å². The molecule has 156 valence electrons. The predicted molar refractivity (Wildman–Crippen MR) is 109 cm³/mol. The maximum Gasteiger partial charge on any atom is 0.194 e. The number of rotatable bonds is 7. The van der Waals surface area contributed by atoms with Crippen LogP contribution in [0.1, 0.15) is 20.3 Å². The Kier molecular flexibility index (Phi) is 7.91. The maximum atomic E-state index is 13.3. The lowest BCUT2D eigenvalue weighted by Gasteiger charge is -2.29. The molecule has 1 N–H and O–H groups in total. The number of halogens is 1. The van der Waals surface area contributed by atoms with Crippen LogP contribution in [0.2, 0.25) is 0 Å². The molecule has 0 radical (unpaired) electrons. The summed E-state index contributed by atoms with van der Waals surface area (Å²) >= 11 is 0. The fourth-order valence-corrected chi connectivity index (χ4v) is 3.77. The number of nitrogens with zero attached hydrogens (tertiary/aromatic N) is 3. The number of benzene rings is 1. The average Bonchev–Trinajstić information content (AvgIpc) is 3.14. The smallest absolute Gasteiger partial charge is 0.194 e. The highest BCUT2D eigenvalue weighted by Crippen LogP contribution is 2.19. The number of ether oxygens (including phenoxy) is 2. The third-order valence-electron chi connectivity index (χ3n) is 5.17. The van der Waals surface area contributed by atoms with Crippen molar-refractivity contribution in [3.63, 3.8) is 0 Å². The first-order chi connectivity index (χ1) is 13.6. The highest BCUT2D eigenvalue weighted by atomic mass is 19.1. The zero-order chi connectivity index (χ0) is 19.8. The molecule has 2 fully saturated rings. The Hall–Kier alpha value is -1.86. The number of guanidine groups is 1. The first-order valence-corrected chi connectivity index (χ1v) is 10.4. The second-order valence-corrected chi connectivity index (χ2v) is 7.59. The Labute approximate surface area is 167 Å². The second kappa shape index (κ2) is 10.6. The summed E-state index contributed by atoms with van der Waals surface area (Å²) in [5.74, 6) is 1.87. The molecule has 2 aliphatic rings. The van der Waals surface area contributed by atoms with E-state index in [2.05, 4.69) is 22.0 Å². The van der Waals surface area contributed by atoms with Crippen LogP contribution in [0.4, 0.5) is 4.39 Å². The third kappa shape index (κ3) is 6.34. The van der Waals surface area contributed by atoms with Crippen molar-refractivity contribution in [2.24, 2.45) is 10.9 Å². The van der Waals surface area contributed by atoms with Gasteiger partial charge in [0.25, 0.3) is 0 Å². The van der Waals surface area contributed by atoms with Crippen molar-refractivity contribution >= 4 is 5.96 Å². The molecule has 0 aromatic heterocycles. The lowest BCUT2D eigenvalue weighted by molar-refractivity contribution is 0.0315. The van der Waals surface area contributed by atoms with E-state index in [-0.39, 0.29) is 11.9 Å². The molecular weight excluding hydrogens is 359 g/mol. The summed E-state index contributed by atoms with van der Waals surface area (Å²) < 4.78 is 24.5. The van der Waals surface area contributed by atoms with Gasteiger partial charge < -0.3 is 19.7 Å². The summed E-state index contributed by atoms with van der Waals surface area (Å²) in [5.41, 5.74) is 0. The van der Waals surface area contributed by atoms with Gasteiger partial charge in [-0.05, 0) is 38.3 Å². The van der Waals surface area contributed by atoms with Crippen molar-refractivity contribution in [3.8, 4) is 5.75 Å². The maximum absolute atomic E-state index is 13.3. The van der Waals surface area contributed by atoms with E-state index < -0.39 is 0 Å². The first-order valence-electron chi connectivity index (χ1n) is 10.4. The molecule has 28 heavy (non-hydrogen) atoms. The number of aliphatic imine (C=N–C) groups is 1. The van der Waals surface area contributed by atoms with Crippen molar-refractivity contribution in [1.82, 2.24) is 15.1 Å². The van der Waals surface area contributed by atoms with Gasteiger partial charge in [-0.15, -0.1) is 0 Å². The molecule has 1 aromatic carbocycles. The topological polar surface area (TPSA) is 49.3 Å². The fraction of sp³-hybridized carbons (Fsp3) is 0.667. The van der Waals surface area contributed by atoms with Crippen LogP contribution in [-0.2, 0) is 4.74 Å². The minimum absolute atomic E-state index is 0.123. The van der Waals surface area contributed by atoms with Gasteiger partial charge in [0, 0.05) is 45.3 Å². The number of hydrogen-bond donors (Lipinski definition) is 1. The van der Waals surface area contributed by atoms with Crippen LogP contribution in [0.5, 0.6) is 5.75 Å². The molecule has 0 amide bonds. The normalized spacial score (nSPS) is 22.3. The van der Waals surface area contributed by atoms with E-state index in [0.29, 0.717) is 18.2 Å². The van der Waals surface area contributed by atoms with Gasteiger partial charge in [0.1, 0.15) is 17.7 Å². The van der Waals surface area contributed by atoms with Gasteiger partial charge in [-0.1, -0.05) is 6.07 Å². The van der Waals surface area contributed by atoms with Gasteiger partial charge in [-0.3, -0.25) is 4.90 Å². The van der Waals surface area contributed by atoms with Crippen LogP contribution in [0, 0.1) is 11.7 Å². The molecule has 2 atom stereocenters. The van der Waals surface area contributed by atoms with Crippen LogP contribution < -0.4 is 10.1 Å². The second-order valence-electron chi connectivity index (χ2n) is 7.59. The summed E-state index contributed by atoms with van der Waals surface area (Å²) in [7, 11) is 0. The molecule has 2 unspecified atom stereocenters. The van der Waals surface area contributed by atoms with Crippen LogP contribution in [0.15, 0.2) is 29.3 Å². The van der Waals surface area contributed by atoms with E-state index in [0.717, 1.165) is 58.4 Å². The zero-order valence-corrected chi connectivity index (χ0v) is 17.1. The summed E-state index contributed by atoms with van der Waals surface area (Å²) in [6, 6.07) is 6.25. The third-order valence-corrected chi connectivity index (χ3v) is 5.17. The Morgan fingerprint density at radius 3 is 2.93 bits per heavy atom. The lowest BCUT2D eigenvalue weighted by Crippen LogP contribution is -2.42. The Morgan fingerprint density at radius 1 is 1.36 bits per heavy atom. The molecule has 6 nitrogen and oxygen atoms in total. The Bertz CT molecular complexity index is 637. The van der Waals surface area contributed by atoms with Crippen molar-refractivity contribution in [2.75, 3.05) is 59.0 Å². The first kappa shape index (κ1) is 20.9. The van der Waals surface area contributed by atoms with E-state index in [4.69, 9.17) is 14.5 Å². The van der Waals surface area contributed by atoms with E-state index >= 15 is 0 Å². The van der Waals surface area contributed by atoms with Gasteiger partial charge in [-0.25, -0.2) is 9.38 Å². The zero-order valence-electron chi connectivity index (χ0n) is 17.1. The molecular formula is C21H33FN4O2. The number of hydrogen-bond acceptors (Lipinski definition) is 4. The molecule has 0 spiro atoms. The monoisotopic (exact) mass is 392 g/mol. The van der Waals surface area contributed by atoms with E-state index in [9.17, 15) is 4.39 Å². The average molecular weight is 393 g/mol. The SMILES string of the molecule is CCNC(=NCC(C)Oc1cccc(F)c1)N1CCC(CN2CCOCC2)C1. The van der Waals surface area contributed by atoms with E-state index in [1.165, 1.54) is 18.6 Å². The highest BCUT2D eigenvalue weighted by molar-refractivity contribution is 5.80. The fourth-order valence-electron chi connectivity index (χ4n) is 3.77. The summed E-state index contributed by atoms with van der Waals surface area (Å²) in [4.78, 5) is 9.64. The Balaban J connectivity index is 1.50. The lowest BCUT2D eigenvalue weighted by atomic mass is 10.1. The molecule has 1 aromatic rings. The largest absolute Gasteiger partial charge is 0.489 e. The number of morpholine rings is 1. The van der Waals surface area contributed by atoms with Crippen molar-refractivity contribution in [3.05, 3.63) is 30.1 Å². The molecule has 2 saturated heterocycles. The predicted octanol–water partition coefficient (Wildman–Crippen LogP) is 2.21. The molecule has 2 aliphatic heterocycles.